The van der Waals surface area contributed by atoms with E-state index in [0.717, 1.165) is 5.56 Å². The van der Waals surface area contributed by atoms with Gasteiger partial charge < -0.3 is 10.1 Å². The summed E-state index contributed by atoms with van der Waals surface area (Å²) in [6.07, 6.45) is 1.32. The van der Waals surface area contributed by atoms with Crippen molar-refractivity contribution in [2.45, 2.75) is 6.92 Å². The predicted octanol–water partition coefficient (Wildman–Crippen LogP) is 3.17. The quantitative estimate of drug-likeness (QED) is 0.213. The molecular formula is C24H18N4O4. The van der Waals surface area contributed by atoms with Crippen LogP contribution in [0.4, 0.5) is 5.69 Å². The first kappa shape index (κ1) is 21.9. The lowest BCUT2D eigenvalue weighted by Gasteiger charge is -2.05. The van der Waals surface area contributed by atoms with Crippen molar-refractivity contribution in [2.24, 2.45) is 5.10 Å². The topological polar surface area (TPSA) is 121 Å². The van der Waals surface area contributed by atoms with E-state index in [1.54, 1.807) is 36.4 Å². The van der Waals surface area contributed by atoms with Gasteiger partial charge in [0.15, 0.2) is 0 Å². The van der Waals surface area contributed by atoms with Gasteiger partial charge in [0.05, 0.1) is 23.4 Å². The highest BCUT2D eigenvalue weighted by Crippen LogP contribution is 2.15. The number of amides is 2. The molecule has 0 spiro atoms. The van der Waals surface area contributed by atoms with Crippen LogP contribution in [0.1, 0.15) is 27.0 Å². The lowest BCUT2D eigenvalue weighted by atomic mass is 10.1. The van der Waals surface area contributed by atoms with Crippen molar-refractivity contribution >= 4 is 29.7 Å². The zero-order chi connectivity index (χ0) is 22.9. The highest BCUT2D eigenvalue weighted by atomic mass is 16.5. The number of rotatable bonds is 5. The molecule has 0 aliphatic rings. The number of nitrogens with zero attached hydrogens (tertiary/aromatic N) is 2. The molecular weight excluding hydrogens is 408 g/mol. The van der Waals surface area contributed by atoms with E-state index in [2.05, 4.69) is 15.8 Å². The van der Waals surface area contributed by atoms with Crippen LogP contribution < -0.4 is 15.5 Å². The molecule has 158 valence electrons. The molecule has 0 saturated carbocycles. The predicted molar refractivity (Wildman–Crippen MR) is 118 cm³/mol. The molecule has 8 heteroatoms. The standard InChI is InChI=1S/C24H18N4O4/c1-16-5-9-19(10-6-16)24(31)32-21-4-2-3-18(13-21)15-26-28-23(30)22(29)27-20-11-7-17(14-25)8-12-20/h2-13,15H,1H3,(H,27,29)(H,28,30)/b26-15+. The number of nitriles is 1. The Morgan fingerprint density at radius 3 is 2.38 bits per heavy atom. The van der Waals surface area contributed by atoms with Gasteiger partial charge in [-0.1, -0.05) is 29.8 Å². The number of anilines is 1. The van der Waals surface area contributed by atoms with E-state index in [4.69, 9.17) is 10.00 Å². The van der Waals surface area contributed by atoms with E-state index in [-0.39, 0.29) is 0 Å². The van der Waals surface area contributed by atoms with Gasteiger partial charge in [0.2, 0.25) is 0 Å². The summed E-state index contributed by atoms with van der Waals surface area (Å²) in [6, 6.07) is 21.6. The van der Waals surface area contributed by atoms with Gasteiger partial charge in [-0.25, -0.2) is 10.2 Å². The fourth-order valence-electron chi connectivity index (χ4n) is 2.55. The number of hydrogen-bond donors (Lipinski definition) is 2. The minimum absolute atomic E-state index is 0.310. The van der Waals surface area contributed by atoms with Gasteiger partial charge in [0.1, 0.15) is 5.75 Å². The Bertz CT molecular complexity index is 1210. The minimum Gasteiger partial charge on any atom is -0.423 e. The van der Waals surface area contributed by atoms with Gasteiger partial charge in [0, 0.05) is 5.69 Å². The van der Waals surface area contributed by atoms with Crippen LogP contribution in [0.15, 0.2) is 77.9 Å². The third-order valence-electron chi connectivity index (χ3n) is 4.21. The molecule has 0 heterocycles. The van der Waals surface area contributed by atoms with Gasteiger partial charge in [-0.2, -0.15) is 10.4 Å². The summed E-state index contributed by atoms with van der Waals surface area (Å²) in [5, 5.41) is 14.9. The number of hydrazone groups is 1. The summed E-state index contributed by atoms with van der Waals surface area (Å²) >= 11 is 0. The molecule has 3 aromatic rings. The molecule has 0 unspecified atom stereocenters. The maximum Gasteiger partial charge on any atom is 0.343 e. The van der Waals surface area contributed by atoms with Gasteiger partial charge >= 0.3 is 17.8 Å². The van der Waals surface area contributed by atoms with Gasteiger partial charge in [0.25, 0.3) is 0 Å². The van der Waals surface area contributed by atoms with Crippen molar-refractivity contribution in [2.75, 3.05) is 5.32 Å². The molecule has 0 aliphatic carbocycles. The first-order valence-corrected chi connectivity index (χ1v) is 9.48. The van der Waals surface area contributed by atoms with Crippen molar-refractivity contribution in [3.63, 3.8) is 0 Å². The average molecular weight is 426 g/mol. The fraction of sp³-hybridized carbons (Fsp3) is 0.0417. The maximum atomic E-state index is 12.2. The summed E-state index contributed by atoms with van der Waals surface area (Å²) in [5.74, 6) is -2.06. The molecule has 0 atom stereocenters. The fourth-order valence-corrected chi connectivity index (χ4v) is 2.55. The summed E-state index contributed by atoms with van der Waals surface area (Å²) < 4.78 is 5.36. The summed E-state index contributed by atoms with van der Waals surface area (Å²) in [6.45, 7) is 1.92. The molecule has 0 saturated heterocycles. The van der Waals surface area contributed by atoms with Crippen LogP contribution in [-0.2, 0) is 9.59 Å². The zero-order valence-electron chi connectivity index (χ0n) is 17.0. The Labute approximate surface area is 184 Å². The van der Waals surface area contributed by atoms with Crippen LogP contribution in [0.3, 0.4) is 0 Å². The zero-order valence-corrected chi connectivity index (χ0v) is 17.0. The van der Waals surface area contributed by atoms with Crippen LogP contribution in [0.25, 0.3) is 0 Å². The first-order chi connectivity index (χ1) is 15.4. The van der Waals surface area contributed by atoms with E-state index in [1.165, 1.54) is 30.5 Å². The second-order valence-electron chi connectivity index (χ2n) is 6.67. The smallest absolute Gasteiger partial charge is 0.343 e. The van der Waals surface area contributed by atoms with E-state index in [9.17, 15) is 14.4 Å². The van der Waals surface area contributed by atoms with E-state index >= 15 is 0 Å². The highest BCUT2D eigenvalue weighted by Gasteiger charge is 2.13. The van der Waals surface area contributed by atoms with Crippen molar-refractivity contribution in [3.8, 4) is 11.8 Å². The Balaban J connectivity index is 1.55. The van der Waals surface area contributed by atoms with Crippen molar-refractivity contribution in [1.82, 2.24) is 5.43 Å². The van der Waals surface area contributed by atoms with Crippen molar-refractivity contribution in [1.29, 1.82) is 5.26 Å². The molecule has 8 nitrogen and oxygen atoms in total. The molecule has 3 rings (SSSR count). The number of esters is 1. The van der Waals surface area contributed by atoms with Crippen molar-refractivity contribution in [3.05, 3.63) is 95.1 Å². The molecule has 32 heavy (non-hydrogen) atoms. The number of ether oxygens (including phenoxy) is 1. The van der Waals surface area contributed by atoms with Crippen LogP contribution in [0.5, 0.6) is 5.75 Å². The maximum absolute atomic E-state index is 12.2. The molecule has 0 aromatic heterocycles. The number of nitrogens with one attached hydrogen (secondary N) is 2. The van der Waals surface area contributed by atoms with Crippen LogP contribution >= 0.6 is 0 Å². The molecule has 0 fully saturated rings. The summed E-state index contributed by atoms with van der Waals surface area (Å²) in [4.78, 5) is 36.0. The summed E-state index contributed by atoms with van der Waals surface area (Å²) in [5.41, 5.74) is 4.94. The molecule has 0 radical (unpaired) electrons. The number of carbonyl (C=O) groups is 3. The Morgan fingerprint density at radius 2 is 1.69 bits per heavy atom. The lowest BCUT2D eigenvalue weighted by molar-refractivity contribution is -0.136. The van der Waals surface area contributed by atoms with Crippen LogP contribution in [0.2, 0.25) is 0 Å². The normalized spacial score (nSPS) is 10.2. The van der Waals surface area contributed by atoms with E-state index in [1.807, 2.05) is 25.1 Å². The van der Waals surface area contributed by atoms with Crippen LogP contribution in [-0.4, -0.2) is 24.0 Å². The monoisotopic (exact) mass is 426 g/mol. The van der Waals surface area contributed by atoms with Gasteiger partial charge in [-0.05, 0) is 61.0 Å². The number of carbonyl (C=O) groups excluding carboxylic acids is 3. The number of benzene rings is 3. The largest absolute Gasteiger partial charge is 0.423 e. The first-order valence-electron chi connectivity index (χ1n) is 9.48. The number of aryl methyl sites for hydroxylation is 1. The third-order valence-corrected chi connectivity index (χ3v) is 4.21. The van der Waals surface area contributed by atoms with Crippen LogP contribution in [0, 0.1) is 18.3 Å². The van der Waals surface area contributed by atoms with E-state index in [0.29, 0.717) is 28.1 Å². The molecule has 0 bridgehead atoms. The minimum atomic E-state index is -0.965. The molecule has 2 amide bonds. The van der Waals surface area contributed by atoms with Gasteiger partial charge in [-0.3, -0.25) is 9.59 Å². The van der Waals surface area contributed by atoms with Crippen molar-refractivity contribution < 1.29 is 19.1 Å². The Hall–Kier alpha value is -4.77. The number of hydrogen-bond acceptors (Lipinski definition) is 6. The third kappa shape index (κ3) is 6.11. The second kappa shape index (κ2) is 10.3. The average Bonchev–Trinajstić information content (AvgIpc) is 2.80. The highest BCUT2D eigenvalue weighted by molar-refractivity contribution is 6.39. The van der Waals surface area contributed by atoms with E-state index < -0.39 is 17.8 Å². The molecule has 3 aromatic carbocycles. The second-order valence-corrected chi connectivity index (χ2v) is 6.67. The lowest BCUT2D eigenvalue weighted by Crippen LogP contribution is -2.32. The SMILES string of the molecule is Cc1ccc(C(=O)Oc2cccc(/C=N/NC(=O)C(=O)Nc3ccc(C#N)cc3)c2)cc1. The Morgan fingerprint density at radius 1 is 0.969 bits per heavy atom. The van der Waals surface area contributed by atoms with Gasteiger partial charge in [-0.15, -0.1) is 0 Å². The molecule has 2 N–H and O–H groups in total. The molecule has 0 aliphatic heterocycles. The summed E-state index contributed by atoms with van der Waals surface area (Å²) in [7, 11) is 0. The Kier molecular flexibility index (Phi) is 7.07.